The molecule has 2 heterocycles. The van der Waals surface area contributed by atoms with E-state index in [1.807, 2.05) is 30.1 Å². The van der Waals surface area contributed by atoms with Gasteiger partial charge in [0, 0.05) is 27.3 Å². The van der Waals surface area contributed by atoms with Gasteiger partial charge < -0.3 is 19.1 Å². The van der Waals surface area contributed by atoms with E-state index >= 15 is 0 Å². The summed E-state index contributed by atoms with van der Waals surface area (Å²) in [4.78, 5) is 31.9. The molecule has 3 rings (SSSR count). The van der Waals surface area contributed by atoms with Gasteiger partial charge in [0.15, 0.2) is 5.69 Å². The molecule has 1 aliphatic rings. The molecule has 0 amide bonds. The Hall–Kier alpha value is -2.87. The van der Waals surface area contributed by atoms with E-state index in [9.17, 15) is 9.59 Å². The van der Waals surface area contributed by atoms with Gasteiger partial charge in [0.1, 0.15) is 0 Å². The van der Waals surface area contributed by atoms with Crippen LogP contribution in [0.25, 0.3) is 0 Å². The Balaban J connectivity index is 2.11. The van der Waals surface area contributed by atoms with Crippen LogP contribution in [0.2, 0.25) is 0 Å². The molecule has 1 saturated heterocycles. The summed E-state index contributed by atoms with van der Waals surface area (Å²) in [7, 11) is 4.88. The smallest absolute Gasteiger partial charge is 0.361 e. The van der Waals surface area contributed by atoms with Crippen molar-refractivity contribution in [3.05, 3.63) is 51.9 Å². The van der Waals surface area contributed by atoms with E-state index in [2.05, 4.69) is 17.1 Å². The molecule has 30 heavy (non-hydrogen) atoms. The third kappa shape index (κ3) is 4.33. The molecule has 0 aliphatic carbocycles. The minimum Gasteiger partial charge on any atom is -0.489 e. The summed E-state index contributed by atoms with van der Waals surface area (Å²) in [6, 6.07) is 10.1. The predicted octanol–water partition coefficient (Wildman–Crippen LogP) is 2.57. The SMILES string of the molecule is CCOC(=O)c1nc(N(C)C(c2ccccc2)C2CCOCC2)n(C)c(=O)c1OC. The van der Waals surface area contributed by atoms with E-state index in [0.717, 1.165) is 18.4 Å². The van der Waals surface area contributed by atoms with E-state index in [-0.39, 0.29) is 24.1 Å². The molecular formula is C22H29N3O5. The number of nitrogens with zero attached hydrogens (tertiary/aromatic N) is 3. The molecule has 2 aromatic rings. The first kappa shape index (κ1) is 21.8. The van der Waals surface area contributed by atoms with Crippen LogP contribution < -0.4 is 15.2 Å². The number of hydrogen-bond acceptors (Lipinski definition) is 7. The summed E-state index contributed by atoms with van der Waals surface area (Å²) >= 11 is 0. The molecule has 1 aromatic heterocycles. The van der Waals surface area contributed by atoms with Crippen molar-refractivity contribution in [1.82, 2.24) is 9.55 Å². The highest BCUT2D eigenvalue weighted by molar-refractivity contribution is 5.90. The Bertz CT molecular complexity index is 922. The maximum absolute atomic E-state index is 12.9. The molecule has 1 fully saturated rings. The van der Waals surface area contributed by atoms with Crippen molar-refractivity contribution in [2.45, 2.75) is 25.8 Å². The second-order valence-corrected chi connectivity index (χ2v) is 7.29. The summed E-state index contributed by atoms with van der Waals surface area (Å²) in [6.45, 7) is 3.28. The van der Waals surface area contributed by atoms with Gasteiger partial charge in [0.25, 0.3) is 5.56 Å². The molecular weight excluding hydrogens is 386 g/mol. The van der Waals surface area contributed by atoms with E-state index in [1.54, 1.807) is 14.0 Å². The molecule has 8 nitrogen and oxygen atoms in total. The van der Waals surface area contributed by atoms with E-state index in [0.29, 0.717) is 25.1 Å². The monoisotopic (exact) mass is 415 g/mol. The van der Waals surface area contributed by atoms with Gasteiger partial charge in [0.2, 0.25) is 11.7 Å². The van der Waals surface area contributed by atoms with Crippen LogP contribution in [-0.4, -0.2) is 49.5 Å². The van der Waals surface area contributed by atoms with Crippen molar-refractivity contribution < 1.29 is 19.0 Å². The van der Waals surface area contributed by atoms with Crippen molar-refractivity contribution >= 4 is 11.9 Å². The number of benzene rings is 1. The van der Waals surface area contributed by atoms with Crippen LogP contribution in [-0.2, 0) is 16.5 Å². The van der Waals surface area contributed by atoms with Gasteiger partial charge in [-0.1, -0.05) is 30.3 Å². The lowest BCUT2D eigenvalue weighted by Gasteiger charge is -2.38. The maximum Gasteiger partial charge on any atom is 0.361 e. The Morgan fingerprint density at radius 2 is 1.97 bits per heavy atom. The number of aromatic nitrogens is 2. The number of esters is 1. The first-order valence-corrected chi connectivity index (χ1v) is 10.2. The van der Waals surface area contributed by atoms with Crippen LogP contribution in [0.15, 0.2) is 35.1 Å². The third-order valence-corrected chi connectivity index (χ3v) is 5.48. The van der Waals surface area contributed by atoms with Gasteiger partial charge in [-0.05, 0) is 31.2 Å². The predicted molar refractivity (Wildman–Crippen MR) is 113 cm³/mol. The highest BCUT2D eigenvalue weighted by Crippen LogP contribution is 2.36. The minimum atomic E-state index is -0.677. The standard InChI is InChI=1S/C22H29N3O5/c1-5-30-21(27)17-19(28-4)20(26)25(3)22(23-17)24(2)18(15-9-7-6-8-10-15)16-11-13-29-14-12-16/h6-10,16,18H,5,11-14H2,1-4H3. The van der Waals surface area contributed by atoms with Crippen LogP contribution in [0.4, 0.5) is 5.95 Å². The number of carbonyl (C=O) groups excluding carboxylic acids is 1. The van der Waals surface area contributed by atoms with E-state index in [1.165, 1.54) is 11.7 Å². The largest absolute Gasteiger partial charge is 0.489 e. The Morgan fingerprint density at radius 3 is 2.57 bits per heavy atom. The minimum absolute atomic E-state index is 0.0309. The zero-order chi connectivity index (χ0) is 21.7. The van der Waals surface area contributed by atoms with Crippen LogP contribution in [0.3, 0.4) is 0 Å². The molecule has 0 bridgehead atoms. The van der Waals surface area contributed by atoms with Gasteiger partial charge in [0.05, 0.1) is 19.8 Å². The van der Waals surface area contributed by atoms with Crippen molar-refractivity contribution in [3.8, 4) is 5.75 Å². The van der Waals surface area contributed by atoms with Crippen molar-refractivity contribution in [2.75, 3.05) is 38.9 Å². The number of ether oxygens (including phenoxy) is 3. The van der Waals surface area contributed by atoms with Crippen LogP contribution in [0.1, 0.15) is 41.9 Å². The highest BCUT2D eigenvalue weighted by Gasteiger charge is 2.32. The first-order chi connectivity index (χ1) is 14.5. The summed E-state index contributed by atoms with van der Waals surface area (Å²) in [6.07, 6.45) is 1.80. The van der Waals surface area contributed by atoms with Gasteiger partial charge in [-0.25, -0.2) is 9.78 Å². The van der Waals surface area contributed by atoms with Gasteiger partial charge in [-0.15, -0.1) is 0 Å². The molecule has 0 N–H and O–H groups in total. The molecule has 8 heteroatoms. The molecule has 0 radical (unpaired) electrons. The molecule has 1 unspecified atom stereocenters. The second kappa shape index (κ2) is 9.75. The molecule has 0 spiro atoms. The molecule has 1 aromatic carbocycles. The van der Waals surface area contributed by atoms with E-state index in [4.69, 9.17) is 14.2 Å². The summed E-state index contributed by atoms with van der Waals surface area (Å²) in [5, 5.41) is 0. The molecule has 162 valence electrons. The second-order valence-electron chi connectivity index (χ2n) is 7.29. The molecule has 0 saturated carbocycles. The fourth-order valence-corrected chi connectivity index (χ4v) is 4.03. The van der Waals surface area contributed by atoms with Crippen molar-refractivity contribution in [3.63, 3.8) is 0 Å². The summed E-state index contributed by atoms with van der Waals surface area (Å²) < 4.78 is 17.3. The first-order valence-electron chi connectivity index (χ1n) is 10.2. The van der Waals surface area contributed by atoms with Crippen molar-refractivity contribution in [1.29, 1.82) is 0 Å². The number of hydrogen-bond donors (Lipinski definition) is 0. The van der Waals surface area contributed by atoms with Gasteiger partial charge >= 0.3 is 5.97 Å². The number of methoxy groups -OCH3 is 1. The highest BCUT2D eigenvalue weighted by atomic mass is 16.5. The van der Waals surface area contributed by atoms with Crippen LogP contribution >= 0.6 is 0 Å². The van der Waals surface area contributed by atoms with Gasteiger partial charge in [-0.2, -0.15) is 0 Å². The summed E-state index contributed by atoms with van der Waals surface area (Å²) in [5.74, 6) is -0.0974. The molecule has 1 aliphatic heterocycles. The lowest BCUT2D eigenvalue weighted by molar-refractivity contribution is 0.0514. The fraction of sp³-hybridized carbons (Fsp3) is 0.500. The zero-order valence-electron chi connectivity index (χ0n) is 18.0. The Morgan fingerprint density at radius 1 is 1.30 bits per heavy atom. The summed E-state index contributed by atoms with van der Waals surface area (Å²) in [5.41, 5.74) is 0.578. The maximum atomic E-state index is 12.9. The Labute approximate surface area is 176 Å². The zero-order valence-corrected chi connectivity index (χ0v) is 18.0. The van der Waals surface area contributed by atoms with Gasteiger partial charge in [-0.3, -0.25) is 9.36 Å². The van der Waals surface area contributed by atoms with Crippen LogP contribution in [0.5, 0.6) is 5.75 Å². The Kier molecular flexibility index (Phi) is 7.10. The lowest BCUT2D eigenvalue weighted by atomic mass is 9.86. The van der Waals surface area contributed by atoms with Crippen LogP contribution in [0, 0.1) is 5.92 Å². The normalized spacial score (nSPS) is 15.5. The van der Waals surface area contributed by atoms with Crippen molar-refractivity contribution in [2.24, 2.45) is 13.0 Å². The fourth-order valence-electron chi connectivity index (χ4n) is 4.03. The average Bonchev–Trinajstić information content (AvgIpc) is 2.77. The quantitative estimate of drug-likeness (QED) is 0.643. The average molecular weight is 415 g/mol. The third-order valence-electron chi connectivity index (χ3n) is 5.48. The topological polar surface area (TPSA) is 82.9 Å². The number of carbonyl (C=O) groups is 1. The number of rotatable bonds is 7. The lowest BCUT2D eigenvalue weighted by Crippen LogP contribution is -2.38. The number of anilines is 1. The van der Waals surface area contributed by atoms with E-state index < -0.39 is 11.5 Å². The molecule has 1 atom stereocenters.